The van der Waals surface area contributed by atoms with Gasteiger partial charge in [-0.2, -0.15) is 5.10 Å². The Morgan fingerprint density at radius 3 is 2.34 bits per heavy atom. The average molecular weight is 394 g/mol. The molecule has 0 spiro atoms. The van der Waals surface area contributed by atoms with Crippen LogP contribution in [-0.2, 0) is 11.2 Å². The molecule has 6 heteroatoms. The number of nitrogens with one attached hydrogen (secondary N) is 1. The van der Waals surface area contributed by atoms with Gasteiger partial charge in [-0.25, -0.2) is 5.43 Å². The predicted molar refractivity (Wildman–Crippen MR) is 115 cm³/mol. The van der Waals surface area contributed by atoms with Gasteiger partial charge in [0.1, 0.15) is 19.0 Å². The Kier molecular flexibility index (Phi) is 9.02. The molecule has 0 heterocycles. The first kappa shape index (κ1) is 21.8. The first-order chi connectivity index (χ1) is 14.2. The third-order valence-electron chi connectivity index (χ3n) is 3.79. The predicted octanol–water partition coefficient (Wildman–Crippen LogP) is 3.91. The molecule has 0 aromatic heterocycles. The maximum atomic E-state index is 11.9. The van der Waals surface area contributed by atoms with Gasteiger partial charge in [0.05, 0.1) is 6.21 Å². The van der Waals surface area contributed by atoms with Crippen LogP contribution < -0.4 is 19.6 Å². The number of carbonyl (C=O) groups excluding carboxylic acids is 1. The van der Waals surface area contributed by atoms with Crippen LogP contribution in [0.15, 0.2) is 72.9 Å². The molecule has 6 nitrogen and oxygen atoms in total. The van der Waals surface area contributed by atoms with Crippen molar-refractivity contribution in [3.8, 4) is 17.2 Å². The van der Waals surface area contributed by atoms with E-state index in [1.165, 1.54) is 11.8 Å². The number of hydrogen-bond donors (Lipinski definition) is 1. The average Bonchev–Trinajstić information content (AvgIpc) is 2.75. The number of benzene rings is 2. The van der Waals surface area contributed by atoms with Crippen molar-refractivity contribution in [1.29, 1.82) is 0 Å². The Hall–Kier alpha value is -3.54. The van der Waals surface area contributed by atoms with Crippen molar-refractivity contribution in [1.82, 2.24) is 5.43 Å². The maximum absolute atomic E-state index is 11.9. The molecule has 1 amide bonds. The second-order valence-electron chi connectivity index (χ2n) is 5.98. The quantitative estimate of drug-likeness (QED) is 0.337. The van der Waals surface area contributed by atoms with Crippen LogP contribution in [0.1, 0.15) is 18.1 Å². The summed E-state index contributed by atoms with van der Waals surface area (Å²) in [6, 6.07) is 13.0. The van der Waals surface area contributed by atoms with E-state index >= 15 is 0 Å². The number of rotatable bonds is 12. The minimum absolute atomic E-state index is 0.120. The Labute approximate surface area is 171 Å². The highest BCUT2D eigenvalue weighted by atomic mass is 16.5. The van der Waals surface area contributed by atoms with Gasteiger partial charge in [0, 0.05) is 0 Å². The van der Waals surface area contributed by atoms with E-state index in [0.29, 0.717) is 30.5 Å². The summed E-state index contributed by atoms with van der Waals surface area (Å²) in [5, 5.41) is 3.96. The Balaban J connectivity index is 1.89. The van der Waals surface area contributed by atoms with E-state index in [1.54, 1.807) is 30.4 Å². The second-order valence-corrected chi connectivity index (χ2v) is 5.98. The summed E-state index contributed by atoms with van der Waals surface area (Å²) in [5.41, 5.74) is 4.39. The van der Waals surface area contributed by atoms with E-state index in [2.05, 4.69) is 30.6 Å². The van der Waals surface area contributed by atoms with Gasteiger partial charge in [0.15, 0.2) is 18.1 Å². The van der Waals surface area contributed by atoms with Crippen LogP contribution in [0.5, 0.6) is 17.2 Å². The van der Waals surface area contributed by atoms with Crippen LogP contribution in [0.3, 0.4) is 0 Å². The van der Waals surface area contributed by atoms with Crippen LogP contribution in [0.2, 0.25) is 0 Å². The third-order valence-corrected chi connectivity index (χ3v) is 3.79. The van der Waals surface area contributed by atoms with Crippen molar-refractivity contribution in [2.24, 2.45) is 5.10 Å². The molecule has 2 rings (SSSR count). The number of ether oxygens (including phenoxy) is 3. The van der Waals surface area contributed by atoms with E-state index in [1.807, 2.05) is 24.3 Å². The number of aryl methyl sites for hydroxylation is 1. The molecule has 0 saturated carbocycles. The summed E-state index contributed by atoms with van der Waals surface area (Å²) in [5.74, 6) is 1.44. The van der Waals surface area contributed by atoms with Crippen molar-refractivity contribution >= 4 is 12.1 Å². The Bertz CT molecular complexity index is 844. The van der Waals surface area contributed by atoms with Gasteiger partial charge in [0.25, 0.3) is 5.91 Å². The highest BCUT2D eigenvalue weighted by Crippen LogP contribution is 2.28. The fourth-order valence-electron chi connectivity index (χ4n) is 2.32. The van der Waals surface area contributed by atoms with Gasteiger partial charge < -0.3 is 14.2 Å². The minimum atomic E-state index is -0.352. The van der Waals surface area contributed by atoms with Crippen molar-refractivity contribution in [3.63, 3.8) is 0 Å². The smallest absolute Gasteiger partial charge is 0.277 e. The van der Waals surface area contributed by atoms with Crippen LogP contribution in [-0.4, -0.2) is 31.9 Å². The topological polar surface area (TPSA) is 69.2 Å². The molecule has 0 fully saturated rings. The third kappa shape index (κ3) is 7.54. The van der Waals surface area contributed by atoms with Crippen molar-refractivity contribution in [2.45, 2.75) is 13.3 Å². The zero-order valence-electron chi connectivity index (χ0n) is 16.6. The molecule has 0 atom stereocenters. The zero-order chi connectivity index (χ0) is 20.9. The molecule has 0 aliphatic heterocycles. The second kappa shape index (κ2) is 12.0. The summed E-state index contributed by atoms with van der Waals surface area (Å²) in [7, 11) is 0. The maximum Gasteiger partial charge on any atom is 0.277 e. The fraction of sp³-hybridized carbons (Fsp3) is 0.217. The first-order valence-electron chi connectivity index (χ1n) is 9.31. The van der Waals surface area contributed by atoms with E-state index in [0.717, 1.165) is 12.0 Å². The van der Waals surface area contributed by atoms with Crippen molar-refractivity contribution in [2.75, 3.05) is 19.8 Å². The Morgan fingerprint density at radius 2 is 1.69 bits per heavy atom. The Morgan fingerprint density at radius 1 is 1.00 bits per heavy atom. The van der Waals surface area contributed by atoms with Gasteiger partial charge in [-0.15, -0.1) is 0 Å². The minimum Gasteiger partial charge on any atom is -0.486 e. The molecule has 29 heavy (non-hydrogen) atoms. The van der Waals surface area contributed by atoms with Crippen LogP contribution in [0.4, 0.5) is 0 Å². The van der Waals surface area contributed by atoms with Gasteiger partial charge in [-0.05, 0) is 47.9 Å². The lowest BCUT2D eigenvalue weighted by Crippen LogP contribution is -2.24. The number of nitrogens with zero attached hydrogens (tertiary/aromatic N) is 1. The molecule has 2 aromatic rings. The molecule has 0 aliphatic rings. The molecule has 2 aromatic carbocycles. The summed E-state index contributed by atoms with van der Waals surface area (Å²) < 4.78 is 16.6. The molecular formula is C23H26N2O4. The molecule has 1 N–H and O–H groups in total. The van der Waals surface area contributed by atoms with Crippen molar-refractivity contribution < 1.29 is 19.0 Å². The molecule has 152 valence electrons. The normalized spacial score (nSPS) is 10.4. The molecule has 0 unspecified atom stereocenters. The largest absolute Gasteiger partial charge is 0.486 e. The summed E-state index contributed by atoms with van der Waals surface area (Å²) >= 11 is 0. The van der Waals surface area contributed by atoms with Gasteiger partial charge in [-0.3, -0.25) is 4.79 Å². The number of hydrazone groups is 1. The van der Waals surface area contributed by atoms with Crippen LogP contribution >= 0.6 is 0 Å². The lowest BCUT2D eigenvalue weighted by Gasteiger charge is -2.11. The summed E-state index contributed by atoms with van der Waals surface area (Å²) in [6.45, 7) is 9.95. The van der Waals surface area contributed by atoms with Gasteiger partial charge in [0.2, 0.25) is 0 Å². The summed E-state index contributed by atoms with van der Waals surface area (Å²) in [6.07, 6.45) is 5.78. The van der Waals surface area contributed by atoms with Crippen molar-refractivity contribution in [3.05, 3.63) is 78.9 Å². The highest BCUT2D eigenvalue weighted by molar-refractivity contribution is 5.83. The molecule has 0 aliphatic carbocycles. The van der Waals surface area contributed by atoms with Crippen LogP contribution in [0, 0.1) is 0 Å². The molecule has 0 saturated heterocycles. The molecular weight excluding hydrogens is 368 g/mol. The molecule has 0 radical (unpaired) electrons. The fourth-order valence-corrected chi connectivity index (χ4v) is 2.32. The zero-order valence-corrected chi connectivity index (χ0v) is 16.6. The SMILES string of the molecule is C=CCOc1ccc(/C=N/NC(=O)COc2ccc(CC)cc2)cc1OCC=C. The lowest BCUT2D eigenvalue weighted by molar-refractivity contribution is -0.123. The van der Waals surface area contributed by atoms with Gasteiger partial charge >= 0.3 is 0 Å². The summed E-state index contributed by atoms with van der Waals surface area (Å²) in [4.78, 5) is 11.9. The standard InChI is InChI=1S/C23H26N2O4/c1-4-13-27-21-12-9-19(15-22(21)28-14-5-2)16-24-25-23(26)17-29-20-10-7-18(6-3)8-11-20/h4-5,7-12,15-16H,1-2,6,13-14,17H2,3H3,(H,25,26)/b24-16+. The first-order valence-corrected chi connectivity index (χ1v) is 9.31. The van der Waals surface area contributed by atoms with Crippen LogP contribution in [0.25, 0.3) is 0 Å². The number of amides is 1. The number of carbonyl (C=O) groups is 1. The monoisotopic (exact) mass is 394 g/mol. The van der Waals surface area contributed by atoms with E-state index < -0.39 is 0 Å². The number of hydrogen-bond acceptors (Lipinski definition) is 5. The highest BCUT2D eigenvalue weighted by Gasteiger charge is 2.06. The van der Waals surface area contributed by atoms with E-state index in [4.69, 9.17) is 14.2 Å². The van der Waals surface area contributed by atoms with E-state index in [9.17, 15) is 4.79 Å². The van der Waals surface area contributed by atoms with E-state index in [-0.39, 0.29) is 12.5 Å². The lowest BCUT2D eigenvalue weighted by atomic mass is 10.2. The molecule has 0 bridgehead atoms. The van der Waals surface area contributed by atoms with Gasteiger partial charge in [-0.1, -0.05) is 44.4 Å².